The molecule has 2 aromatic heterocycles. The van der Waals surface area contributed by atoms with Gasteiger partial charge in [-0.1, -0.05) is 0 Å². The zero-order valence-electron chi connectivity index (χ0n) is 11.6. The number of carboxylic acid groups (broad SMARTS) is 1. The van der Waals surface area contributed by atoms with Crippen LogP contribution in [-0.4, -0.2) is 39.5 Å². The molecule has 0 atom stereocenters. The number of carbonyl (C=O) groups excluding carboxylic acids is 1. The smallest absolute Gasteiger partial charge is 0.329 e. The van der Waals surface area contributed by atoms with E-state index in [1.807, 2.05) is 11.4 Å². The van der Waals surface area contributed by atoms with Gasteiger partial charge in [-0.2, -0.15) is 0 Å². The lowest BCUT2D eigenvalue weighted by molar-refractivity contribution is -0.147. The maximum absolute atomic E-state index is 12.3. The maximum Gasteiger partial charge on any atom is 0.329 e. The van der Waals surface area contributed by atoms with Crippen LogP contribution in [0, 0.1) is 0 Å². The third kappa shape index (κ3) is 3.17. The molecule has 0 aromatic carbocycles. The van der Waals surface area contributed by atoms with Crippen molar-refractivity contribution >= 4 is 50.5 Å². The van der Waals surface area contributed by atoms with Crippen LogP contribution in [-0.2, 0) is 4.79 Å². The zero-order chi connectivity index (χ0) is 15.8. The molecule has 0 saturated heterocycles. The van der Waals surface area contributed by atoms with Gasteiger partial charge >= 0.3 is 5.97 Å². The van der Waals surface area contributed by atoms with Crippen LogP contribution in [0.5, 0.6) is 0 Å². The molecule has 21 heavy (non-hydrogen) atoms. The number of carboxylic acids is 1. The van der Waals surface area contributed by atoms with Crippen LogP contribution in [0.4, 0.5) is 0 Å². The lowest BCUT2D eigenvalue weighted by Gasteiger charge is -2.30. The number of nitrogens with zero attached hydrogens (tertiary/aromatic N) is 2. The van der Waals surface area contributed by atoms with E-state index in [9.17, 15) is 14.7 Å². The topological polar surface area (TPSA) is 70.5 Å². The number of halogens is 1. The normalized spacial score (nSPS) is 11.4. The molecule has 8 heteroatoms. The van der Waals surface area contributed by atoms with E-state index in [1.165, 1.54) is 48.5 Å². The highest BCUT2D eigenvalue weighted by Crippen LogP contribution is 2.32. The third-order valence-corrected chi connectivity index (χ3v) is 5.87. The van der Waals surface area contributed by atoms with Gasteiger partial charge in [0, 0.05) is 22.3 Å². The standard InChI is InChI=1S/C13H13BrN2O3S2/c1-13(2,12(18)19)16(3)11(17)8-6-21-10(15-8)9-4-7(14)5-20-9/h4-6H,1-3H3,(H,18,19). The largest absolute Gasteiger partial charge is 0.480 e. The van der Waals surface area contributed by atoms with Gasteiger partial charge in [-0.05, 0) is 35.8 Å². The predicted molar refractivity (Wildman–Crippen MR) is 86.9 cm³/mol. The summed E-state index contributed by atoms with van der Waals surface area (Å²) in [5.41, 5.74) is -1.02. The Morgan fingerprint density at radius 3 is 2.52 bits per heavy atom. The number of hydrogen-bond acceptors (Lipinski definition) is 5. The molecule has 2 aromatic rings. The third-order valence-electron chi connectivity index (χ3n) is 3.17. The van der Waals surface area contributed by atoms with E-state index < -0.39 is 17.4 Å². The molecular formula is C13H13BrN2O3S2. The molecule has 0 unspecified atom stereocenters. The summed E-state index contributed by atoms with van der Waals surface area (Å²) in [4.78, 5) is 30.0. The summed E-state index contributed by atoms with van der Waals surface area (Å²) < 4.78 is 0.967. The number of aromatic nitrogens is 1. The molecule has 0 fully saturated rings. The van der Waals surface area contributed by atoms with E-state index in [4.69, 9.17) is 0 Å². The molecule has 1 amide bonds. The van der Waals surface area contributed by atoms with E-state index in [-0.39, 0.29) is 5.69 Å². The Kier molecular flexibility index (Phi) is 4.50. The SMILES string of the molecule is CN(C(=O)c1csc(-c2cc(Br)cs2)n1)C(C)(C)C(=O)O. The van der Waals surface area contributed by atoms with Crippen molar-refractivity contribution in [2.75, 3.05) is 7.05 Å². The quantitative estimate of drug-likeness (QED) is 0.868. The average molecular weight is 389 g/mol. The zero-order valence-corrected chi connectivity index (χ0v) is 14.8. The molecule has 0 saturated carbocycles. The van der Waals surface area contributed by atoms with Crippen LogP contribution in [0.1, 0.15) is 24.3 Å². The van der Waals surface area contributed by atoms with Crippen molar-refractivity contribution in [2.45, 2.75) is 19.4 Å². The lowest BCUT2D eigenvalue weighted by Crippen LogP contribution is -2.50. The molecule has 0 radical (unpaired) electrons. The average Bonchev–Trinajstić information content (AvgIpc) is 3.05. The number of carbonyl (C=O) groups is 2. The summed E-state index contributed by atoms with van der Waals surface area (Å²) in [6, 6.07) is 1.93. The summed E-state index contributed by atoms with van der Waals surface area (Å²) in [5.74, 6) is -1.46. The Bertz CT molecular complexity index is 693. The summed E-state index contributed by atoms with van der Waals surface area (Å²) in [6.45, 7) is 2.97. The molecule has 0 aliphatic carbocycles. The van der Waals surface area contributed by atoms with E-state index in [2.05, 4.69) is 20.9 Å². The fourth-order valence-corrected chi connectivity index (χ4v) is 3.78. The van der Waals surface area contributed by atoms with E-state index in [1.54, 1.807) is 5.38 Å². The number of thiazole rings is 1. The summed E-state index contributed by atoms with van der Waals surface area (Å²) >= 11 is 6.27. The van der Waals surface area contributed by atoms with Crippen molar-refractivity contribution in [3.05, 3.63) is 27.0 Å². The van der Waals surface area contributed by atoms with Gasteiger partial charge in [0.15, 0.2) is 0 Å². The van der Waals surface area contributed by atoms with E-state index in [0.29, 0.717) is 0 Å². The molecule has 1 N–H and O–H groups in total. The van der Waals surface area contributed by atoms with Crippen molar-refractivity contribution < 1.29 is 14.7 Å². The highest BCUT2D eigenvalue weighted by Gasteiger charge is 2.36. The Morgan fingerprint density at radius 1 is 1.33 bits per heavy atom. The molecule has 0 aliphatic rings. The molecule has 0 spiro atoms. The molecule has 0 bridgehead atoms. The van der Waals surface area contributed by atoms with Crippen molar-refractivity contribution in [1.82, 2.24) is 9.88 Å². The minimum Gasteiger partial charge on any atom is -0.480 e. The number of aliphatic carboxylic acids is 1. The van der Waals surface area contributed by atoms with Gasteiger partial charge in [0.1, 0.15) is 16.2 Å². The van der Waals surface area contributed by atoms with Crippen LogP contribution in [0.3, 0.4) is 0 Å². The van der Waals surface area contributed by atoms with Crippen LogP contribution in [0.25, 0.3) is 9.88 Å². The Labute approximate surface area is 138 Å². The highest BCUT2D eigenvalue weighted by molar-refractivity contribution is 9.10. The summed E-state index contributed by atoms with van der Waals surface area (Å²) in [6.07, 6.45) is 0. The molecule has 5 nitrogen and oxygen atoms in total. The Morgan fingerprint density at radius 2 is 2.00 bits per heavy atom. The van der Waals surface area contributed by atoms with Gasteiger partial charge in [0.05, 0.1) is 4.88 Å². The van der Waals surface area contributed by atoms with Gasteiger partial charge in [-0.15, -0.1) is 22.7 Å². The van der Waals surface area contributed by atoms with Crippen LogP contribution in [0.2, 0.25) is 0 Å². The first-order valence-corrected chi connectivity index (χ1v) is 8.50. The first-order valence-electron chi connectivity index (χ1n) is 5.95. The summed E-state index contributed by atoms with van der Waals surface area (Å²) in [7, 11) is 1.47. The lowest BCUT2D eigenvalue weighted by atomic mass is 10.0. The number of likely N-dealkylation sites (N-methyl/N-ethyl adjacent to an activating group) is 1. The first-order chi connectivity index (χ1) is 9.73. The van der Waals surface area contributed by atoms with E-state index in [0.717, 1.165) is 14.4 Å². The fraction of sp³-hybridized carbons (Fsp3) is 0.308. The van der Waals surface area contributed by atoms with E-state index >= 15 is 0 Å². The van der Waals surface area contributed by atoms with Crippen molar-refractivity contribution in [3.8, 4) is 9.88 Å². The van der Waals surface area contributed by atoms with Crippen molar-refractivity contribution in [3.63, 3.8) is 0 Å². The molecule has 112 valence electrons. The second kappa shape index (κ2) is 5.86. The highest BCUT2D eigenvalue weighted by atomic mass is 79.9. The minimum absolute atomic E-state index is 0.261. The van der Waals surface area contributed by atoms with Gasteiger partial charge < -0.3 is 10.0 Å². The van der Waals surface area contributed by atoms with Crippen LogP contribution >= 0.6 is 38.6 Å². The van der Waals surface area contributed by atoms with Gasteiger partial charge in [-0.25, -0.2) is 9.78 Å². The maximum atomic E-state index is 12.3. The number of amides is 1. The molecule has 2 heterocycles. The molecule has 0 aliphatic heterocycles. The fourth-order valence-electron chi connectivity index (χ4n) is 1.48. The minimum atomic E-state index is -1.28. The van der Waals surface area contributed by atoms with Crippen molar-refractivity contribution in [2.24, 2.45) is 0 Å². The first kappa shape index (κ1) is 16.1. The predicted octanol–water partition coefficient (Wildman–Crippen LogP) is 3.57. The van der Waals surface area contributed by atoms with Gasteiger partial charge in [0.25, 0.3) is 5.91 Å². The van der Waals surface area contributed by atoms with Crippen molar-refractivity contribution in [1.29, 1.82) is 0 Å². The van der Waals surface area contributed by atoms with Gasteiger partial charge in [0.2, 0.25) is 0 Å². The second-order valence-corrected chi connectivity index (χ2v) is 7.58. The monoisotopic (exact) mass is 388 g/mol. The molecular weight excluding hydrogens is 376 g/mol. The Hall–Kier alpha value is -1.25. The summed E-state index contributed by atoms with van der Waals surface area (Å²) in [5, 5.41) is 13.5. The Balaban J connectivity index is 2.25. The number of thiophene rings is 1. The van der Waals surface area contributed by atoms with Crippen LogP contribution in [0.15, 0.2) is 21.3 Å². The van der Waals surface area contributed by atoms with Crippen LogP contribution < -0.4 is 0 Å². The number of rotatable bonds is 4. The number of hydrogen-bond donors (Lipinski definition) is 1. The second-order valence-electron chi connectivity index (χ2n) is 4.90. The van der Waals surface area contributed by atoms with Gasteiger partial charge in [-0.3, -0.25) is 4.79 Å². The molecule has 2 rings (SSSR count).